The van der Waals surface area contributed by atoms with Crippen LogP contribution in [0.25, 0.3) is 11.3 Å². The summed E-state index contributed by atoms with van der Waals surface area (Å²) in [4.78, 5) is 32.2. The minimum absolute atomic E-state index is 0.0464. The van der Waals surface area contributed by atoms with Crippen LogP contribution >= 0.6 is 0 Å². The van der Waals surface area contributed by atoms with E-state index >= 15 is 0 Å². The lowest BCUT2D eigenvalue weighted by atomic mass is 10.1. The van der Waals surface area contributed by atoms with Crippen molar-refractivity contribution in [2.75, 3.05) is 11.9 Å². The number of aliphatic imine (C=N–C) groups is 1. The summed E-state index contributed by atoms with van der Waals surface area (Å²) >= 11 is 0. The molecule has 0 fully saturated rings. The van der Waals surface area contributed by atoms with Crippen molar-refractivity contribution >= 4 is 23.4 Å². The Morgan fingerprint density at radius 3 is 2.77 bits per heavy atom. The maximum Gasteiger partial charge on any atom is 0.434 e. The lowest BCUT2D eigenvalue weighted by molar-refractivity contribution is -0.110. The number of pyridine rings is 1. The SMILES string of the molecule is CC(C)(C)OC(=O)N=C1COc2ccc(-c3ccccn3)cc2NC1=O. The average molecular weight is 353 g/mol. The van der Waals surface area contributed by atoms with Gasteiger partial charge in [0.05, 0.1) is 11.4 Å². The van der Waals surface area contributed by atoms with Crippen molar-refractivity contribution in [2.45, 2.75) is 26.4 Å². The van der Waals surface area contributed by atoms with Gasteiger partial charge in [-0.3, -0.25) is 9.78 Å². The van der Waals surface area contributed by atoms with Gasteiger partial charge in [-0.25, -0.2) is 4.79 Å². The fraction of sp³-hybridized carbons (Fsp3) is 0.263. The minimum Gasteiger partial charge on any atom is -0.485 e. The third-order valence-electron chi connectivity index (χ3n) is 3.43. The topological polar surface area (TPSA) is 89.9 Å². The van der Waals surface area contributed by atoms with Gasteiger partial charge in [-0.05, 0) is 51.1 Å². The van der Waals surface area contributed by atoms with Crippen LogP contribution < -0.4 is 10.1 Å². The number of rotatable bonds is 1. The van der Waals surface area contributed by atoms with Gasteiger partial charge in [-0.1, -0.05) is 6.07 Å². The van der Waals surface area contributed by atoms with E-state index in [0.717, 1.165) is 11.3 Å². The smallest absolute Gasteiger partial charge is 0.434 e. The molecule has 7 nitrogen and oxygen atoms in total. The molecule has 0 atom stereocenters. The molecule has 2 amide bonds. The van der Waals surface area contributed by atoms with Gasteiger partial charge in [0.2, 0.25) is 0 Å². The van der Waals surface area contributed by atoms with Crippen LogP contribution in [0, 0.1) is 0 Å². The van der Waals surface area contributed by atoms with E-state index in [1.807, 2.05) is 24.3 Å². The van der Waals surface area contributed by atoms with Crippen LogP contribution in [-0.4, -0.2) is 34.9 Å². The first-order valence-electron chi connectivity index (χ1n) is 8.12. The zero-order chi connectivity index (χ0) is 18.7. The molecule has 1 aromatic carbocycles. The molecule has 0 aliphatic carbocycles. The van der Waals surface area contributed by atoms with Crippen molar-refractivity contribution in [2.24, 2.45) is 4.99 Å². The van der Waals surface area contributed by atoms with Crippen LogP contribution in [0.3, 0.4) is 0 Å². The van der Waals surface area contributed by atoms with Crippen molar-refractivity contribution in [1.29, 1.82) is 0 Å². The van der Waals surface area contributed by atoms with Crippen LogP contribution in [-0.2, 0) is 9.53 Å². The van der Waals surface area contributed by atoms with Crippen molar-refractivity contribution < 1.29 is 19.1 Å². The van der Waals surface area contributed by atoms with E-state index < -0.39 is 17.6 Å². The van der Waals surface area contributed by atoms with Crippen molar-refractivity contribution in [3.63, 3.8) is 0 Å². The Morgan fingerprint density at radius 1 is 1.27 bits per heavy atom. The van der Waals surface area contributed by atoms with E-state index in [4.69, 9.17) is 9.47 Å². The molecular formula is C19H19N3O4. The number of fused-ring (bicyclic) bond motifs is 1. The van der Waals surface area contributed by atoms with E-state index in [2.05, 4.69) is 15.3 Å². The molecule has 0 spiro atoms. The summed E-state index contributed by atoms with van der Waals surface area (Å²) in [5.41, 5.74) is 1.36. The molecule has 2 aromatic rings. The molecule has 2 heterocycles. The van der Waals surface area contributed by atoms with Crippen LogP contribution in [0.1, 0.15) is 20.8 Å². The van der Waals surface area contributed by atoms with E-state index in [1.165, 1.54) is 0 Å². The highest BCUT2D eigenvalue weighted by atomic mass is 16.6. The van der Waals surface area contributed by atoms with Gasteiger partial charge in [0.1, 0.15) is 18.0 Å². The van der Waals surface area contributed by atoms with E-state index in [-0.39, 0.29) is 12.3 Å². The molecule has 0 saturated carbocycles. The third-order valence-corrected chi connectivity index (χ3v) is 3.43. The van der Waals surface area contributed by atoms with Crippen molar-refractivity contribution in [3.05, 3.63) is 42.6 Å². The van der Waals surface area contributed by atoms with E-state index in [1.54, 1.807) is 39.1 Å². The molecule has 1 aliphatic rings. The molecule has 26 heavy (non-hydrogen) atoms. The highest BCUT2D eigenvalue weighted by molar-refractivity contribution is 6.45. The summed E-state index contributed by atoms with van der Waals surface area (Å²) in [5, 5.41) is 2.72. The van der Waals surface area contributed by atoms with Crippen LogP contribution in [0.5, 0.6) is 5.75 Å². The fourth-order valence-electron chi connectivity index (χ4n) is 2.33. The zero-order valence-electron chi connectivity index (χ0n) is 14.8. The molecule has 0 saturated heterocycles. The molecule has 0 radical (unpaired) electrons. The van der Waals surface area contributed by atoms with Crippen LogP contribution in [0.4, 0.5) is 10.5 Å². The highest BCUT2D eigenvalue weighted by Crippen LogP contribution is 2.31. The molecule has 0 unspecified atom stereocenters. The monoisotopic (exact) mass is 353 g/mol. The molecule has 1 aromatic heterocycles. The predicted molar refractivity (Wildman–Crippen MR) is 97.5 cm³/mol. The number of carbonyl (C=O) groups excluding carboxylic acids is 2. The molecule has 1 aliphatic heterocycles. The van der Waals surface area contributed by atoms with Gasteiger partial charge in [0.15, 0.2) is 5.71 Å². The molecule has 7 heteroatoms. The Hall–Kier alpha value is -3.22. The first-order valence-corrected chi connectivity index (χ1v) is 8.12. The molecule has 0 bridgehead atoms. The van der Waals surface area contributed by atoms with E-state index in [9.17, 15) is 9.59 Å². The number of benzene rings is 1. The van der Waals surface area contributed by atoms with Gasteiger partial charge in [-0.2, -0.15) is 4.99 Å². The fourth-order valence-corrected chi connectivity index (χ4v) is 2.33. The summed E-state index contributed by atoms with van der Waals surface area (Å²) in [5.74, 6) is -0.0137. The highest BCUT2D eigenvalue weighted by Gasteiger charge is 2.23. The quantitative estimate of drug-likeness (QED) is 0.848. The van der Waals surface area contributed by atoms with Gasteiger partial charge < -0.3 is 14.8 Å². The van der Waals surface area contributed by atoms with Crippen molar-refractivity contribution in [1.82, 2.24) is 4.98 Å². The Bertz CT molecular complexity index is 870. The third kappa shape index (κ3) is 4.24. The largest absolute Gasteiger partial charge is 0.485 e. The number of amides is 2. The molecule has 134 valence electrons. The maximum absolute atomic E-state index is 12.4. The van der Waals surface area contributed by atoms with Gasteiger partial charge >= 0.3 is 6.09 Å². The maximum atomic E-state index is 12.4. The Balaban J connectivity index is 1.83. The first-order chi connectivity index (χ1) is 12.3. The lowest BCUT2D eigenvalue weighted by Crippen LogP contribution is -2.28. The van der Waals surface area contributed by atoms with Crippen LogP contribution in [0.2, 0.25) is 0 Å². The first kappa shape index (κ1) is 17.6. The van der Waals surface area contributed by atoms with Gasteiger partial charge in [0.25, 0.3) is 5.91 Å². The zero-order valence-corrected chi connectivity index (χ0v) is 14.8. The number of hydrogen-bond acceptors (Lipinski definition) is 5. The Kier molecular flexibility index (Phi) is 4.71. The summed E-state index contributed by atoms with van der Waals surface area (Å²) in [6, 6.07) is 11.0. The number of hydrogen-bond donors (Lipinski definition) is 1. The number of nitrogens with one attached hydrogen (secondary N) is 1. The molecule has 1 N–H and O–H groups in total. The second kappa shape index (κ2) is 6.95. The number of aromatic nitrogens is 1. The predicted octanol–water partition coefficient (Wildman–Crippen LogP) is 3.46. The number of ether oxygens (including phenoxy) is 2. The van der Waals surface area contributed by atoms with Crippen molar-refractivity contribution in [3.8, 4) is 17.0 Å². The Morgan fingerprint density at radius 2 is 2.08 bits per heavy atom. The van der Waals surface area contributed by atoms with Gasteiger partial charge in [0, 0.05) is 11.8 Å². The van der Waals surface area contributed by atoms with Crippen LogP contribution in [0.15, 0.2) is 47.6 Å². The average Bonchev–Trinajstić information content (AvgIpc) is 2.72. The van der Waals surface area contributed by atoms with Gasteiger partial charge in [-0.15, -0.1) is 0 Å². The number of carbonyl (C=O) groups is 2. The standard InChI is InChI=1S/C19H19N3O4/c1-19(2,3)26-18(24)22-15-11-25-16-8-7-12(10-14(16)21-17(15)23)13-6-4-5-9-20-13/h4-10H,11H2,1-3H3,(H,21,23). The van der Waals surface area contributed by atoms with E-state index in [0.29, 0.717) is 11.4 Å². The Labute approximate surface area is 151 Å². The molecule has 3 rings (SSSR count). The lowest BCUT2D eigenvalue weighted by Gasteiger charge is -2.17. The summed E-state index contributed by atoms with van der Waals surface area (Å²) in [7, 11) is 0. The summed E-state index contributed by atoms with van der Waals surface area (Å²) in [6.45, 7) is 5.05. The summed E-state index contributed by atoms with van der Waals surface area (Å²) < 4.78 is 10.7. The number of anilines is 1. The summed E-state index contributed by atoms with van der Waals surface area (Å²) in [6.07, 6.45) is 0.869. The normalized spacial score (nSPS) is 15.5. The second-order valence-corrected chi connectivity index (χ2v) is 6.71. The minimum atomic E-state index is -0.827. The number of nitrogens with zero attached hydrogens (tertiary/aromatic N) is 2. The second-order valence-electron chi connectivity index (χ2n) is 6.71. The molecular weight excluding hydrogens is 334 g/mol.